The van der Waals surface area contributed by atoms with Gasteiger partial charge in [-0.05, 0) is 25.2 Å². The molecule has 1 saturated heterocycles. The van der Waals surface area contributed by atoms with Gasteiger partial charge < -0.3 is 10.6 Å². The zero-order valence-corrected chi connectivity index (χ0v) is 13.1. The molecular weight excluding hydrogens is 272 g/mol. The van der Waals surface area contributed by atoms with E-state index in [-0.39, 0.29) is 5.91 Å². The maximum Gasteiger partial charge on any atom is 0.233 e. The van der Waals surface area contributed by atoms with E-state index in [1.807, 2.05) is 11.8 Å². The molecule has 110 valence electrons. The molecule has 1 fully saturated rings. The van der Waals surface area contributed by atoms with Crippen molar-refractivity contribution in [3.63, 3.8) is 0 Å². The van der Waals surface area contributed by atoms with Crippen molar-refractivity contribution >= 4 is 23.5 Å². The lowest BCUT2D eigenvalue weighted by molar-refractivity contribution is -0.130. The Morgan fingerprint density at radius 3 is 2.65 bits per heavy atom. The molecule has 2 N–H and O–H groups in total. The number of nitrogens with zero attached hydrogens (tertiary/aromatic N) is 3. The Balaban J connectivity index is 1.91. The summed E-state index contributed by atoms with van der Waals surface area (Å²) in [6.07, 6.45) is 1.20. The number of nitrogen functional groups attached to an aromatic ring is 1. The number of likely N-dealkylation sites (tertiary alicyclic amines) is 1. The van der Waals surface area contributed by atoms with E-state index in [1.54, 1.807) is 6.07 Å². The summed E-state index contributed by atoms with van der Waals surface area (Å²) in [6.45, 7) is 8.00. The van der Waals surface area contributed by atoms with Crippen molar-refractivity contribution < 1.29 is 4.79 Å². The van der Waals surface area contributed by atoms with E-state index in [9.17, 15) is 4.79 Å². The minimum absolute atomic E-state index is 0.164. The molecule has 1 aliphatic heterocycles. The Kier molecular flexibility index (Phi) is 4.86. The van der Waals surface area contributed by atoms with Crippen LogP contribution < -0.4 is 5.73 Å². The van der Waals surface area contributed by atoms with Crippen LogP contribution >= 0.6 is 11.8 Å². The summed E-state index contributed by atoms with van der Waals surface area (Å²) in [4.78, 5) is 22.6. The number of piperidine rings is 1. The van der Waals surface area contributed by atoms with Crippen LogP contribution in [0.1, 0.15) is 26.0 Å². The van der Waals surface area contributed by atoms with E-state index in [0.29, 0.717) is 28.6 Å². The minimum Gasteiger partial charge on any atom is -0.384 e. The number of nitrogens with two attached hydrogens (primary N) is 1. The molecular formula is C14H22N4OS. The monoisotopic (exact) mass is 294 g/mol. The average Bonchev–Trinajstić information content (AvgIpc) is 2.33. The fourth-order valence-electron chi connectivity index (χ4n) is 2.71. The largest absolute Gasteiger partial charge is 0.384 e. The molecule has 2 rings (SSSR count). The lowest BCUT2D eigenvalue weighted by Gasteiger charge is -2.34. The van der Waals surface area contributed by atoms with Gasteiger partial charge in [-0.1, -0.05) is 25.6 Å². The van der Waals surface area contributed by atoms with Crippen LogP contribution in [0.25, 0.3) is 0 Å². The summed E-state index contributed by atoms with van der Waals surface area (Å²) in [5.41, 5.74) is 6.51. The van der Waals surface area contributed by atoms with Crippen LogP contribution in [0.4, 0.5) is 5.82 Å². The van der Waals surface area contributed by atoms with Gasteiger partial charge in [0, 0.05) is 24.8 Å². The predicted molar refractivity (Wildman–Crippen MR) is 81.4 cm³/mol. The van der Waals surface area contributed by atoms with E-state index >= 15 is 0 Å². The third kappa shape index (κ3) is 4.10. The normalized spacial score (nSPS) is 22.9. The van der Waals surface area contributed by atoms with E-state index in [2.05, 4.69) is 23.8 Å². The fourth-order valence-corrected chi connectivity index (χ4v) is 3.53. The van der Waals surface area contributed by atoms with Crippen LogP contribution in [0, 0.1) is 18.8 Å². The molecule has 0 bridgehead atoms. The molecule has 2 atom stereocenters. The SMILES string of the molecule is Cc1cc(N)nc(SCC(=O)N2C[C@H](C)C[C@H](C)C2)n1. The number of aromatic nitrogens is 2. The second-order valence-corrected chi connectivity index (χ2v) is 6.69. The Morgan fingerprint density at radius 1 is 1.40 bits per heavy atom. The van der Waals surface area contributed by atoms with Crippen LogP contribution in [-0.2, 0) is 4.79 Å². The van der Waals surface area contributed by atoms with Crippen molar-refractivity contribution in [3.8, 4) is 0 Å². The van der Waals surface area contributed by atoms with Gasteiger partial charge in [-0.3, -0.25) is 4.79 Å². The molecule has 6 heteroatoms. The molecule has 0 saturated carbocycles. The highest BCUT2D eigenvalue weighted by molar-refractivity contribution is 7.99. The molecule has 0 unspecified atom stereocenters. The highest BCUT2D eigenvalue weighted by Gasteiger charge is 2.25. The standard InChI is InChI=1S/C14H22N4OS/c1-9-4-10(2)7-18(6-9)13(19)8-20-14-16-11(3)5-12(15)17-14/h5,9-10H,4,6-8H2,1-3H3,(H2,15,16,17)/t9-,10+. The van der Waals surface area contributed by atoms with Crippen LogP contribution in [0.15, 0.2) is 11.2 Å². The van der Waals surface area contributed by atoms with Crippen LogP contribution in [0.5, 0.6) is 0 Å². The van der Waals surface area contributed by atoms with Crippen molar-refractivity contribution in [2.24, 2.45) is 11.8 Å². The summed E-state index contributed by atoms with van der Waals surface area (Å²) < 4.78 is 0. The van der Waals surface area contributed by atoms with Gasteiger partial charge in [-0.25, -0.2) is 9.97 Å². The quantitative estimate of drug-likeness (QED) is 0.681. The number of amides is 1. The van der Waals surface area contributed by atoms with Crippen LogP contribution in [-0.4, -0.2) is 39.6 Å². The highest BCUT2D eigenvalue weighted by Crippen LogP contribution is 2.22. The van der Waals surface area contributed by atoms with E-state index in [4.69, 9.17) is 5.73 Å². The van der Waals surface area contributed by atoms with Gasteiger partial charge in [0.05, 0.1) is 5.75 Å². The number of hydrogen-bond donors (Lipinski definition) is 1. The van der Waals surface area contributed by atoms with Gasteiger partial charge in [0.2, 0.25) is 5.91 Å². The molecule has 20 heavy (non-hydrogen) atoms. The van der Waals surface area contributed by atoms with Crippen molar-refractivity contribution in [1.82, 2.24) is 14.9 Å². The topological polar surface area (TPSA) is 72.1 Å². The number of carbonyl (C=O) groups is 1. The van der Waals surface area contributed by atoms with Crippen molar-refractivity contribution in [2.45, 2.75) is 32.3 Å². The van der Waals surface area contributed by atoms with E-state index in [0.717, 1.165) is 18.8 Å². The summed E-state index contributed by atoms with van der Waals surface area (Å²) in [7, 11) is 0. The number of rotatable bonds is 3. The van der Waals surface area contributed by atoms with E-state index < -0.39 is 0 Å². The number of thioether (sulfide) groups is 1. The van der Waals surface area contributed by atoms with Crippen molar-refractivity contribution in [3.05, 3.63) is 11.8 Å². The second kappa shape index (κ2) is 6.43. The molecule has 1 aliphatic rings. The number of hydrogen-bond acceptors (Lipinski definition) is 5. The summed E-state index contributed by atoms with van der Waals surface area (Å²) in [5, 5.41) is 0.578. The van der Waals surface area contributed by atoms with E-state index in [1.165, 1.54) is 18.2 Å². The average molecular weight is 294 g/mol. The van der Waals surface area contributed by atoms with Gasteiger partial charge >= 0.3 is 0 Å². The summed E-state index contributed by atoms with van der Waals surface area (Å²) in [5.74, 6) is 2.16. The Labute approximate surface area is 124 Å². The van der Waals surface area contributed by atoms with Gasteiger partial charge in [-0.2, -0.15) is 0 Å². The first-order chi connectivity index (χ1) is 9.44. The summed E-state index contributed by atoms with van der Waals surface area (Å²) >= 11 is 1.36. The first-order valence-electron chi connectivity index (χ1n) is 6.95. The lowest BCUT2D eigenvalue weighted by atomic mass is 9.92. The van der Waals surface area contributed by atoms with Gasteiger partial charge in [-0.15, -0.1) is 0 Å². The zero-order chi connectivity index (χ0) is 14.7. The predicted octanol–water partition coefficient (Wildman–Crippen LogP) is 1.96. The van der Waals surface area contributed by atoms with Gasteiger partial charge in [0.15, 0.2) is 5.16 Å². The van der Waals surface area contributed by atoms with Crippen LogP contribution in [0.2, 0.25) is 0 Å². The third-order valence-corrected chi connectivity index (χ3v) is 4.23. The first-order valence-corrected chi connectivity index (χ1v) is 7.94. The van der Waals surface area contributed by atoms with Gasteiger partial charge in [0.25, 0.3) is 0 Å². The first kappa shape index (κ1) is 15.1. The van der Waals surface area contributed by atoms with Crippen LogP contribution in [0.3, 0.4) is 0 Å². The minimum atomic E-state index is 0.164. The Morgan fingerprint density at radius 2 is 2.05 bits per heavy atom. The number of anilines is 1. The Hall–Kier alpha value is -1.30. The highest BCUT2D eigenvalue weighted by atomic mass is 32.2. The molecule has 0 aromatic carbocycles. The Bertz CT molecular complexity index is 464. The molecule has 1 amide bonds. The molecule has 0 spiro atoms. The van der Waals surface area contributed by atoms with Gasteiger partial charge in [0.1, 0.15) is 5.82 Å². The smallest absolute Gasteiger partial charge is 0.233 e. The second-order valence-electron chi connectivity index (χ2n) is 5.75. The zero-order valence-electron chi connectivity index (χ0n) is 12.3. The molecule has 1 aromatic heterocycles. The lowest BCUT2D eigenvalue weighted by Crippen LogP contribution is -2.43. The summed E-state index contributed by atoms with van der Waals surface area (Å²) in [6, 6.07) is 1.72. The molecule has 0 aliphatic carbocycles. The van der Waals surface area contributed by atoms with Crippen molar-refractivity contribution in [2.75, 3.05) is 24.6 Å². The third-order valence-electron chi connectivity index (χ3n) is 3.40. The fraction of sp³-hybridized carbons (Fsp3) is 0.643. The molecule has 5 nitrogen and oxygen atoms in total. The number of aryl methyl sites for hydroxylation is 1. The van der Waals surface area contributed by atoms with Crippen molar-refractivity contribution in [1.29, 1.82) is 0 Å². The molecule has 2 heterocycles. The molecule has 1 aromatic rings. The maximum absolute atomic E-state index is 12.3. The number of carbonyl (C=O) groups excluding carboxylic acids is 1. The maximum atomic E-state index is 12.3. The molecule has 0 radical (unpaired) electrons.